The van der Waals surface area contributed by atoms with Crippen molar-refractivity contribution in [2.75, 3.05) is 5.32 Å². The maximum absolute atomic E-state index is 12.7. The minimum atomic E-state index is -0.0818. The molecule has 2 aliphatic carbocycles. The Balaban J connectivity index is 1.31. The molecular formula is C22H28N4O2. The molecule has 2 N–H and O–H groups in total. The smallest absolute Gasteiger partial charge is 0.251 e. The van der Waals surface area contributed by atoms with E-state index < -0.39 is 0 Å². The maximum Gasteiger partial charge on any atom is 0.251 e. The van der Waals surface area contributed by atoms with E-state index in [9.17, 15) is 9.59 Å². The van der Waals surface area contributed by atoms with Gasteiger partial charge < -0.3 is 15.2 Å². The first-order valence-electron chi connectivity index (χ1n) is 10.2. The van der Waals surface area contributed by atoms with Crippen LogP contribution < -0.4 is 10.6 Å². The lowest BCUT2D eigenvalue weighted by Gasteiger charge is -2.28. The predicted octanol–water partition coefficient (Wildman–Crippen LogP) is 3.47. The summed E-state index contributed by atoms with van der Waals surface area (Å²) in [7, 11) is 0. The van der Waals surface area contributed by atoms with Gasteiger partial charge in [-0.15, -0.1) is 0 Å². The highest BCUT2D eigenvalue weighted by Gasteiger charge is 2.42. The summed E-state index contributed by atoms with van der Waals surface area (Å²) >= 11 is 0. The van der Waals surface area contributed by atoms with Crippen molar-refractivity contribution < 1.29 is 9.59 Å². The number of aromatic nitrogens is 2. The first-order chi connectivity index (χ1) is 13.6. The minimum absolute atomic E-state index is 0.0650. The number of anilines is 1. The molecule has 2 aromatic rings. The Kier molecular flexibility index (Phi) is 5.46. The quantitative estimate of drug-likeness (QED) is 0.772. The third-order valence-corrected chi connectivity index (χ3v) is 6.36. The van der Waals surface area contributed by atoms with E-state index in [0.717, 1.165) is 11.8 Å². The van der Waals surface area contributed by atoms with Crippen LogP contribution >= 0.6 is 0 Å². The highest BCUT2D eigenvalue weighted by Crippen LogP contribution is 2.49. The zero-order valence-electron chi connectivity index (χ0n) is 16.3. The van der Waals surface area contributed by atoms with E-state index >= 15 is 0 Å². The van der Waals surface area contributed by atoms with Crippen molar-refractivity contribution in [3.63, 3.8) is 0 Å². The Bertz CT molecular complexity index is 833. The van der Waals surface area contributed by atoms with Crippen molar-refractivity contribution in [1.29, 1.82) is 0 Å². The van der Waals surface area contributed by atoms with Crippen LogP contribution in [0.15, 0.2) is 43.0 Å². The molecule has 6 nitrogen and oxygen atoms in total. The molecule has 4 unspecified atom stereocenters. The van der Waals surface area contributed by atoms with E-state index in [1.165, 1.54) is 25.7 Å². The molecule has 148 valence electrons. The Hall–Kier alpha value is -2.63. The monoisotopic (exact) mass is 380 g/mol. The molecule has 6 heteroatoms. The van der Waals surface area contributed by atoms with Crippen molar-refractivity contribution in [2.24, 2.45) is 17.8 Å². The van der Waals surface area contributed by atoms with E-state index in [1.807, 2.05) is 22.9 Å². The zero-order valence-corrected chi connectivity index (χ0v) is 16.3. The second-order valence-corrected chi connectivity index (χ2v) is 8.28. The molecule has 2 saturated carbocycles. The van der Waals surface area contributed by atoms with E-state index in [4.69, 9.17) is 0 Å². The van der Waals surface area contributed by atoms with Gasteiger partial charge in [-0.1, -0.05) is 12.5 Å². The number of rotatable bonds is 7. The average molecular weight is 380 g/mol. The van der Waals surface area contributed by atoms with Crippen molar-refractivity contribution in [3.05, 3.63) is 48.5 Å². The normalized spacial score (nSPS) is 24.1. The molecule has 2 bridgehead atoms. The Morgan fingerprint density at radius 2 is 2.18 bits per heavy atom. The molecule has 2 fully saturated rings. The average Bonchev–Trinajstić information content (AvgIpc) is 3.44. The number of nitrogens with one attached hydrogen (secondary N) is 2. The van der Waals surface area contributed by atoms with Crippen molar-refractivity contribution in [2.45, 2.75) is 51.6 Å². The first kappa shape index (κ1) is 18.7. The SMILES string of the molecule is CC(NC(=O)c1cccc(NC(=O)CCn2ccnc2)c1)C1CC2CCC1C2. The molecule has 1 heterocycles. The molecule has 2 aliphatic rings. The van der Waals surface area contributed by atoms with Gasteiger partial charge in [0.2, 0.25) is 5.91 Å². The van der Waals surface area contributed by atoms with Crippen LogP contribution in [0.2, 0.25) is 0 Å². The van der Waals surface area contributed by atoms with Crippen LogP contribution in [0.5, 0.6) is 0 Å². The Morgan fingerprint density at radius 3 is 2.89 bits per heavy atom. The van der Waals surface area contributed by atoms with Crippen molar-refractivity contribution in [3.8, 4) is 0 Å². The molecule has 4 rings (SSSR count). The van der Waals surface area contributed by atoms with Gasteiger partial charge >= 0.3 is 0 Å². The number of aryl methyl sites for hydroxylation is 1. The predicted molar refractivity (Wildman–Crippen MR) is 108 cm³/mol. The summed E-state index contributed by atoms with van der Waals surface area (Å²) in [6.45, 7) is 2.71. The number of carbonyl (C=O) groups is 2. The number of fused-ring (bicyclic) bond motifs is 2. The van der Waals surface area contributed by atoms with Crippen LogP contribution in [0.1, 0.15) is 49.4 Å². The van der Waals surface area contributed by atoms with Gasteiger partial charge in [0, 0.05) is 42.7 Å². The second kappa shape index (κ2) is 8.17. The lowest BCUT2D eigenvalue weighted by molar-refractivity contribution is -0.116. The molecule has 4 atom stereocenters. The number of amides is 2. The summed E-state index contributed by atoms with van der Waals surface area (Å²) in [6, 6.07) is 7.35. The lowest BCUT2D eigenvalue weighted by atomic mass is 9.84. The summed E-state index contributed by atoms with van der Waals surface area (Å²) < 4.78 is 1.86. The van der Waals surface area contributed by atoms with Crippen LogP contribution in [0.25, 0.3) is 0 Å². The Labute approximate surface area is 165 Å². The molecular weight excluding hydrogens is 352 g/mol. The molecule has 28 heavy (non-hydrogen) atoms. The van der Waals surface area contributed by atoms with Crippen LogP contribution in [0, 0.1) is 17.8 Å². The van der Waals surface area contributed by atoms with Gasteiger partial charge in [-0.3, -0.25) is 9.59 Å². The molecule has 0 aliphatic heterocycles. The molecule has 1 aromatic carbocycles. The van der Waals surface area contributed by atoms with Crippen molar-refractivity contribution >= 4 is 17.5 Å². The first-order valence-corrected chi connectivity index (χ1v) is 10.2. The van der Waals surface area contributed by atoms with E-state index in [0.29, 0.717) is 30.1 Å². The number of imidazole rings is 1. The number of hydrogen-bond acceptors (Lipinski definition) is 3. The molecule has 0 spiro atoms. The largest absolute Gasteiger partial charge is 0.349 e. The summed E-state index contributed by atoms with van der Waals surface area (Å²) in [4.78, 5) is 28.8. The molecule has 1 aromatic heterocycles. The summed E-state index contributed by atoms with van der Waals surface area (Å²) in [5.74, 6) is 2.11. The fourth-order valence-electron chi connectivity index (χ4n) is 4.91. The van der Waals surface area contributed by atoms with Gasteiger partial charge in [0.05, 0.1) is 6.33 Å². The van der Waals surface area contributed by atoms with Gasteiger partial charge in [-0.25, -0.2) is 4.98 Å². The van der Waals surface area contributed by atoms with E-state index in [1.54, 1.807) is 24.7 Å². The third-order valence-electron chi connectivity index (χ3n) is 6.36. The number of hydrogen-bond donors (Lipinski definition) is 2. The summed E-state index contributed by atoms with van der Waals surface area (Å²) in [6.07, 6.45) is 10.8. The van der Waals surface area contributed by atoms with E-state index in [-0.39, 0.29) is 17.9 Å². The lowest BCUT2D eigenvalue weighted by Crippen LogP contribution is -2.40. The molecule has 0 radical (unpaired) electrons. The topological polar surface area (TPSA) is 76.0 Å². The summed E-state index contributed by atoms with van der Waals surface area (Å²) in [5, 5.41) is 6.06. The minimum Gasteiger partial charge on any atom is -0.349 e. The van der Waals surface area contributed by atoms with Gasteiger partial charge in [0.25, 0.3) is 5.91 Å². The standard InChI is InChI=1S/C22H28N4O2/c1-15(20-12-16-5-6-17(20)11-16)24-22(28)18-3-2-4-19(13-18)25-21(27)7-9-26-10-8-23-14-26/h2-4,8,10,13-17,20H,5-7,9,11-12H2,1H3,(H,24,28)(H,25,27). The van der Waals surface area contributed by atoms with Crippen molar-refractivity contribution in [1.82, 2.24) is 14.9 Å². The van der Waals surface area contributed by atoms with Crippen LogP contribution in [0.3, 0.4) is 0 Å². The third kappa shape index (κ3) is 4.26. The number of benzene rings is 1. The van der Waals surface area contributed by atoms with Gasteiger partial charge in [0.1, 0.15) is 0 Å². The maximum atomic E-state index is 12.7. The highest BCUT2D eigenvalue weighted by atomic mass is 16.2. The molecule has 0 saturated heterocycles. The van der Waals surface area contributed by atoms with Gasteiger partial charge in [-0.05, 0) is 62.1 Å². The number of nitrogens with zero attached hydrogens (tertiary/aromatic N) is 2. The van der Waals surface area contributed by atoms with Crippen LogP contribution in [0.4, 0.5) is 5.69 Å². The van der Waals surface area contributed by atoms with Gasteiger partial charge in [0.15, 0.2) is 0 Å². The highest BCUT2D eigenvalue weighted by molar-refractivity contribution is 5.97. The van der Waals surface area contributed by atoms with Crippen LogP contribution in [-0.4, -0.2) is 27.4 Å². The van der Waals surface area contributed by atoms with E-state index in [2.05, 4.69) is 22.5 Å². The Morgan fingerprint density at radius 1 is 1.29 bits per heavy atom. The fraction of sp³-hybridized carbons (Fsp3) is 0.500. The molecule has 2 amide bonds. The summed E-state index contributed by atoms with van der Waals surface area (Å²) in [5.41, 5.74) is 1.23. The second-order valence-electron chi connectivity index (χ2n) is 8.28. The van der Waals surface area contributed by atoms with Crippen LogP contribution in [-0.2, 0) is 11.3 Å². The number of carbonyl (C=O) groups excluding carboxylic acids is 2. The fourth-order valence-corrected chi connectivity index (χ4v) is 4.91. The zero-order chi connectivity index (χ0) is 19.5. The van der Waals surface area contributed by atoms with Gasteiger partial charge in [-0.2, -0.15) is 0 Å².